The second kappa shape index (κ2) is 7.51. The Morgan fingerprint density at radius 3 is 2.73 bits per heavy atom. The van der Waals surface area contributed by atoms with Gasteiger partial charge in [0.2, 0.25) is 5.95 Å². The molecule has 2 aromatic heterocycles. The van der Waals surface area contributed by atoms with Crippen molar-refractivity contribution in [2.75, 3.05) is 36.5 Å². The van der Waals surface area contributed by atoms with E-state index in [0.29, 0.717) is 50.9 Å². The van der Waals surface area contributed by atoms with Crippen LogP contribution in [0.2, 0.25) is 0 Å². The van der Waals surface area contributed by atoms with Gasteiger partial charge in [-0.2, -0.15) is 4.98 Å². The van der Waals surface area contributed by atoms with Crippen molar-refractivity contribution in [1.82, 2.24) is 15.0 Å². The lowest BCUT2D eigenvalue weighted by Crippen LogP contribution is -2.38. The maximum absolute atomic E-state index is 14.2. The van der Waals surface area contributed by atoms with E-state index in [1.165, 1.54) is 6.20 Å². The zero-order valence-corrected chi connectivity index (χ0v) is 14.4. The van der Waals surface area contributed by atoms with Gasteiger partial charge in [0.1, 0.15) is 0 Å². The molecule has 0 spiro atoms. The normalized spacial score (nSPS) is 24.0. The van der Waals surface area contributed by atoms with Crippen molar-refractivity contribution in [3.8, 4) is 0 Å². The van der Waals surface area contributed by atoms with Crippen LogP contribution in [0.25, 0.3) is 0 Å². The van der Waals surface area contributed by atoms with E-state index in [9.17, 15) is 9.50 Å². The first-order valence-corrected chi connectivity index (χ1v) is 8.91. The van der Waals surface area contributed by atoms with Crippen molar-refractivity contribution in [2.24, 2.45) is 5.92 Å². The lowest BCUT2D eigenvalue weighted by molar-refractivity contribution is 0.0333. The number of aliphatic hydroxyl groups excluding tert-OH is 1. The fourth-order valence-electron chi connectivity index (χ4n) is 3.46. The van der Waals surface area contributed by atoms with Gasteiger partial charge in [-0.25, -0.2) is 9.37 Å². The number of pyridine rings is 1. The molecule has 2 aromatic rings. The molecule has 2 N–H and O–H groups in total. The van der Waals surface area contributed by atoms with Gasteiger partial charge in [0.25, 0.3) is 0 Å². The Morgan fingerprint density at radius 2 is 2.04 bits per heavy atom. The molecule has 26 heavy (non-hydrogen) atoms. The molecular formula is C18H22FN5O2. The molecule has 2 aliphatic rings. The average Bonchev–Trinajstić information content (AvgIpc) is 2.66. The van der Waals surface area contributed by atoms with Crippen LogP contribution in [-0.4, -0.2) is 52.5 Å². The van der Waals surface area contributed by atoms with E-state index in [-0.39, 0.29) is 18.1 Å². The van der Waals surface area contributed by atoms with E-state index in [4.69, 9.17) is 4.74 Å². The summed E-state index contributed by atoms with van der Waals surface area (Å²) in [5.41, 5.74) is 0.866. The second-order valence-electron chi connectivity index (χ2n) is 6.73. The highest BCUT2D eigenvalue weighted by Crippen LogP contribution is 2.39. The van der Waals surface area contributed by atoms with Crippen molar-refractivity contribution in [1.29, 1.82) is 0 Å². The Hall–Kier alpha value is -2.32. The number of aromatic nitrogens is 3. The van der Waals surface area contributed by atoms with Crippen LogP contribution in [0.15, 0.2) is 30.6 Å². The van der Waals surface area contributed by atoms with Crippen molar-refractivity contribution in [2.45, 2.75) is 25.0 Å². The lowest BCUT2D eigenvalue weighted by Gasteiger charge is -2.37. The number of morpholine rings is 1. The van der Waals surface area contributed by atoms with E-state index >= 15 is 0 Å². The minimum atomic E-state index is -0.439. The number of halogens is 1. The smallest absolute Gasteiger partial charge is 0.225 e. The van der Waals surface area contributed by atoms with E-state index in [1.807, 2.05) is 23.1 Å². The molecule has 2 fully saturated rings. The van der Waals surface area contributed by atoms with E-state index in [0.717, 1.165) is 5.69 Å². The van der Waals surface area contributed by atoms with Crippen molar-refractivity contribution in [3.05, 3.63) is 42.1 Å². The summed E-state index contributed by atoms with van der Waals surface area (Å²) >= 11 is 0. The summed E-state index contributed by atoms with van der Waals surface area (Å²) in [4.78, 5) is 14.8. The fourth-order valence-corrected chi connectivity index (χ4v) is 3.46. The largest absolute Gasteiger partial charge is 0.393 e. The first-order chi connectivity index (χ1) is 12.7. The lowest BCUT2D eigenvalue weighted by atomic mass is 9.76. The Morgan fingerprint density at radius 1 is 1.23 bits per heavy atom. The Labute approximate surface area is 151 Å². The highest BCUT2D eigenvalue weighted by atomic mass is 19.1. The Kier molecular flexibility index (Phi) is 4.94. The predicted octanol–water partition coefficient (Wildman–Crippen LogP) is 1.77. The maximum atomic E-state index is 14.2. The van der Waals surface area contributed by atoms with Crippen LogP contribution < -0.4 is 10.2 Å². The highest BCUT2D eigenvalue weighted by molar-refractivity contribution is 5.45. The third-order valence-corrected chi connectivity index (χ3v) is 4.95. The van der Waals surface area contributed by atoms with E-state index in [1.54, 1.807) is 6.20 Å². The van der Waals surface area contributed by atoms with Crippen molar-refractivity contribution >= 4 is 11.8 Å². The minimum Gasteiger partial charge on any atom is -0.393 e. The summed E-state index contributed by atoms with van der Waals surface area (Å²) in [6.07, 6.45) is 4.07. The molecule has 0 radical (unpaired) electrons. The zero-order chi connectivity index (χ0) is 17.9. The quantitative estimate of drug-likeness (QED) is 0.842. The summed E-state index contributed by atoms with van der Waals surface area (Å²) < 4.78 is 19.5. The first kappa shape index (κ1) is 17.1. The summed E-state index contributed by atoms with van der Waals surface area (Å²) in [5.74, 6) is 0.454. The molecule has 0 bridgehead atoms. The SMILES string of the molecule is OC1CC([C@H](Nc2ncc(F)c(N3CCOCC3)n2)c2ccccn2)C1. The summed E-state index contributed by atoms with van der Waals surface area (Å²) in [6.45, 7) is 2.32. The molecule has 0 unspecified atom stereocenters. The average molecular weight is 359 g/mol. The zero-order valence-electron chi connectivity index (χ0n) is 14.4. The molecule has 1 aliphatic carbocycles. The van der Waals surface area contributed by atoms with Crippen LogP contribution in [0, 0.1) is 11.7 Å². The van der Waals surface area contributed by atoms with Gasteiger partial charge in [0.15, 0.2) is 11.6 Å². The van der Waals surface area contributed by atoms with Crippen molar-refractivity contribution in [3.63, 3.8) is 0 Å². The van der Waals surface area contributed by atoms with Gasteiger partial charge in [-0.05, 0) is 30.9 Å². The molecule has 1 atom stereocenters. The summed E-state index contributed by atoms with van der Waals surface area (Å²) in [5, 5.41) is 13.0. The molecule has 4 rings (SSSR count). The number of rotatable bonds is 5. The molecular weight excluding hydrogens is 337 g/mol. The van der Waals surface area contributed by atoms with Crippen LogP contribution in [0.1, 0.15) is 24.6 Å². The fraction of sp³-hybridized carbons (Fsp3) is 0.500. The topological polar surface area (TPSA) is 83.4 Å². The first-order valence-electron chi connectivity index (χ1n) is 8.91. The highest BCUT2D eigenvalue weighted by Gasteiger charge is 2.36. The Balaban J connectivity index is 1.57. The van der Waals surface area contributed by atoms with E-state index in [2.05, 4.69) is 20.3 Å². The number of aliphatic hydroxyl groups is 1. The number of anilines is 2. The number of ether oxygens (including phenoxy) is 1. The molecule has 0 amide bonds. The van der Waals surface area contributed by atoms with E-state index < -0.39 is 5.82 Å². The minimum absolute atomic E-state index is 0.123. The third kappa shape index (κ3) is 3.61. The van der Waals surface area contributed by atoms with Crippen LogP contribution in [0.4, 0.5) is 16.2 Å². The second-order valence-corrected chi connectivity index (χ2v) is 6.73. The number of hydrogen-bond donors (Lipinski definition) is 2. The van der Waals surface area contributed by atoms with Crippen molar-refractivity contribution < 1.29 is 14.2 Å². The van der Waals surface area contributed by atoms with Gasteiger partial charge in [-0.3, -0.25) is 4.98 Å². The van der Waals surface area contributed by atoms with Crippen LogP contribution >= 0.6 is 0 Å². The van der Waals surface area contributed by atoms with Gasteiger partial charge in [-0.1, -0.05) is 6.07 Å². The molecule has 138 valence electrons. The number of nitrogens with zero attached hydrogens (tertiary/aromatic N) is 4. The van der Waals surface area contributed by atoms with Gasteiger partial charge in [-0.15, -0.1) is 0 Å². The summed E-state index contributed by atoms with van der Waals surface area (Å²) in [6, 6.07) is 5.61. The van der Waals surface area contributed by atoms with Gasteiger partial charge in [0.05, 0.1) is 37.3 Å². The Bertz CT molecular complexity index is 736. The molecule has 8 heteroatoms. The van der Waals surface area contributed by atoms with Gasteiger partial charge < -0.3 is 20.1 Å². The van der Waals surface area contributed by atoms with Crippen LogP contribution in [0.3, 0.4) is 0 Å². The van der Waals surface area contributed by atoms with Gasteiger partial charge in [0, 0.05) is 19.3 Å². The van der Waals surface area contributed by atoms with Crippen LogP contribution in [0.5, 0.6) is 0 Å². The molecule has 1 saturated carbocycles. The summed E-state index contributed by atoms with van der Waals surface area (Å²) in [7, 11) is 0. The standard InChI is InChI=1S/C18H22FN5O2/c19-14-11-21-18(23-17(14)24-5-7-26-8-6-24)22-16(12-9-13(25)10-12)15-3-1-2-4-20-15/h1-4,11-13,16,25H,5-10H2,(H,21,22,23)/t12?,13?,16-/m0/s1. The maximum Gasteiger partial charge on any atom is 0.225 e. The third-order valence-electron chi connectivity index (χ3n) is 4.95. The molecule has 1 aliphatic heterocycles. The monoisotopic (exact) mass is 359 g/mol. The predicted molar refractivity (Wildman–Crippen MR) is 94.4 cm³/mol. The molecule has 0 aromatic carbocycles. The van der Waals surface area contributed by atoms with Gasteiger partial charge >= 0.3 is 0 Å². The molecule has 7 nitrogen and oxygen atoms in total. The molecule has 1 saturated heterocycles. The molecule has 3 heterocycles. The number of hydrogen-bond acceptors (Lipinski definition) is 7. The van der Waals surface area contributed by atoms with Crippen LogP contribution in [-0.2, 0) is 4.74 Å². The number of nitrogens with one attached hydrogen (secondary N) is 1.